The zero-order chi connectivity index (χ0) is 56.2. The molecule has 77 heavy (non-hydrogen) atoms. The van der Waals surface area contributed by atoms with Crippen molar-refractivity contribution in [2.24, 2.45) is 0 Å². The van der Waals surface area contributed by atoms with Gasteiger partial charge < -0.3 is 89.9 Å². The minimum Gasteiger partial charge on any atom is -0.394 e. The van der Waals surface area contributed by atoms with E-state index < -0.39 is 124 Å². The summed E-state index contributed by atoms with van der Waals surface area (Å²) >= 11 is 0. The molecule has 0 bridgehead atoms. The van der Waals surface area contributed by atoms with Crippen LogP contribution < -0.4 is 5.32 Å². The highest BCUT2D eigenvalue weighted by molar-refractivity contribution is 5.76. The van der Waals surface area contributed by atoms with E-state index in [0.29, 0.717) is 12.8 Å². The lowest BCUT2D eigenvalue weighted by Crippen LogP contribution is -2.66. The van der Waals surface area contributed by atoms with Crippen LogP contribution in [0.1, 0.15) is 232 Å². The van der Waals surface area contributed by atoms with Crippen molar-refractivity contribution in [3.8, 4) is 0 Å². The molecule has 0 aromatic carbocycles. The monoisotopic (exact) mass is 1110 g/mol. The number of unbranched alkanes of at least 4 members (excludes halogenated alkanes) is 30. The molecule has 0 aromatic rings. The molecule has 0 spiro atoms. The van der Waals surface area contributed by atoms with E-state index in [2.05, 4.69) is 19.2 Å². The van der Waals surface area contributed by atoms with E-state index in [1.165, 1.54) is 154 Å². The number of hydrogen-bond donors (Lipinski definition) is 12. The highest BCUT2D eigenvalue weighted by Gasteiger charge is 2.53. The Hall–Kier alpha value is -1.21. The third-order valence-corrected chi connectivity index (χ3v) is 15.9. The fourth-order valence-electron chi connectivity index (χ4n) is 10.8. The van der Waals surface area contributed by atoms with Crippen LogP contribution in [0.15, 0.2) is 0 Å². The maximum atomic E-state index is 13.3. The highest BCUT2D eigenvalue weighted by Crippen LogP contribution is 2.33. The Kier molecular flexibility index (Phi) is 38.7. The van der Waals surface area contributed by atoms with Crippen LogP contribution in [0, 0.1) is 0 Å². The van der Waals surface area contributed by atoms with Crippen LogP contribution in [0.2, 0.25) is 0 Å². The second-order valence-electron chi connectivity index (χ2n) is 22.5. The van der Waals surface area contributed by atoms with Crippen molar-refractivity contribution in [3.05, 3.63) is 0 Å². The van der Waals surface area contributed by atoms with Gasteiger partial charge in [-0.3, -0.25) is 4.79 Å². The van der Waals surface area contributed by atoms with Gasteiger partial charge in [-0.05, 0) is 12.8 Å². The summed E-state index contributed by atoms with van der Waals surface area (Å²) in [6.45, 7) is 1.79. The summed E-state index contributed by atoms with van der Waals surface area (Å²) in [6, 6.07) is -0.879. The van der Waals surface area contributed by atoms with Crippen LogP contribution in [-0.2, 0) is 33.2 Å². The summed E-state index contributed by atoms with van der Waals surface area (Å²) in [5, 5.41) is 120. The molecule has 1 amide bonds. The van der Waals surface area contributed by atoms with E-state index in [4.69, 9.17) is 28.4 Å². The first-order valence-electron chi connectivity index (χ1n) is 30.8. The minimum absolute atomic E-state index is 0.242. The first-order valence-corrected chi connectivity index (χ1v) is 30.8. The summed E-state index contributed by atoms with van der Waals surface area (Å²) in [6.07, 6.45) is 13.5. The van der Waals surface area contributed by atoms with Crippen LogP contribution in [0.3, 0.4) is 0 Å². The fourth-order valence-corrected chi connectivity index (χ4v) is 10.8. The van der Waals surface area contributed by atoms with Crippen molar-refractivity contribution >= 4 is 5.91 Å². The normalized spacial score (nSPS) is 30.6. The van der Waals surface area contributed by atoms with Gasteiger partial charge in [-0.1, -0.05) is 213 Å². The highest BCUT2D eigenvalue weighted by atomic mass is 16.8. The van der Waals surface area contributed by atoms with E-state index in [0.717, 1.165) is 44.9 Å². The van der Waals surface area contributed by atoms with Crippen LogP contribution in [0.5, 0.6) is 0 Å². The summed E-state index contributed by atoms with van der Waals surface area (Å²) in [5.41, 5.74) is 0. The van der Waals surface area contributed by atoms with Crippen LogP contribution in [0.4, 0.5) is 0 Å². The van der Waals surface area contributed by atoms with Crippen molar-refractivity contribution in [2.45, 2.75) is 336 Å². The second kappa shape index (κ2) is 42.6. The summed E-state index contributed by atoms with van der Waals surface area (Å²) in [4.78, 5) is 13.3. The van der Waals surface area contributed by atoms with Gasteiger partial charge in [-0.15, -0.1) is 0 Å². The minimum atomic E-state index is -1.97. The van der Waals surface area contributed by atoms with Gasteiger partial charge in [0.1, 0.15) is 73.2 Å². The molecule has 19 nitrogen and oxygen atoms in total. The Morgan fingerprint density at radius 1 is 0.416 bits per heavy atom. The van der Waals surface area contributed by atoms with Crippen LogP contribution in [-0.4, -0.2) is 193 Å². The lowest BCUT2D eigenvalue weighted by atomic mass is 9.96. The molecule has 3 fully saturated rings. The van der Waals surface area contributed by atoms with Crippen LogP contribution in [0.25, 0.3) is 0 Å². The zero-order valence-corrected chi connectivity index (χ0v) is 47.5. The molecule has 0 saturated carbocycles. The van der Waals surface area contributed by atoms with Gasteiger partial charge in [0.05, 0.1) is 38.6 Å². The fraction of sp³-hybridized carbons (Fsp3) is 0.983. The van der Waals surface area contributed by atoms with Gasteiger partial charge in [-0.2, -0.15) is 0 Å². The average Bonchev–Trinajstić information content (AvgIpc) is 3.43. The number of nitrogens with one attached hydrogen (secondary N) is 1. The van der Waals surface area contributed by atoms with E-state index in [9.17, 15) is 61.0 Å². The van der Waals surface area contributed by atoms with Gasteiger partial charge in [0.15, 0.2) is 18.9 Å². The van der Waals surface area contributed by atoms with E-state index >= 15 is 0 Å². The third-order valence-electron chi connectivity index (χ3n) is 15.9. The van der Waals surface area contributed by atoms with Crippen molar-refractivity contribution in [1.29, 1.82) is 0 Å². The Morgan fingerprint density at radius 3 is 1.13 bits per heavy atom. The van der Waals surface area contributed by atoms with Crippen molar-refractivity contribution in [3.63, 3.8) is 0 Å². The first kappa shape index (κ1) is 70.1. The van der Waals surface area contributed by atoms with Gasteiger partial charge in [0.2, 0.25) is 5.91 Å². The number of rotatable bonds is 46. The van der Waals surface area contributed by atoms with E-state index in [-0.39, 0.29) is 18.9 Å². The molecule has 456 valence electrons. The molecule has 17 unspecified atom stereocenters. The zero-order valence-electron chi connectivity index (χ0n) is 47.5. The Bertz CT molecular complexity index is 1420. The van der Waals surface area contributed by atoms with E-state index in [1.54, 1.807) is 0 Å². The number of aliphatic hydroxyl groups excluding tert-OH is 11. The van der Waals surface area contributed by atoms with Crippen molar-refractivity contribution < 1.29 is 89.4 Å². The Balaban J connectivity index is 1.45. The molecule has 3 heterocycles. The quantitative estimate of drug-likeness (QED) is 0.0330. The molecule has 3 rings (SSSR count). The number of aliphatic hydroxyl groups is 11. The number of carbonyl (C=O) groups excluding carboxylic acids is 1. The number of hydrogen-bond acceptors (Lipinski definition) is 18. The number of ether oxygens (including phenoxy) is 6. The molecule has 12 N–H and O–H groups in total. The van der Waals surface area contributed by atoms with Crippen molar-refractivity contribution in [1.82, 2.24) is 5.32 Å². The predicted molar refractivity (Wildman–Crippen MR) is 291 cm³/mol. The smallest absolute Gasteiger partial charge is 0.220 e. The Labute approximate surface area is 462 Å². The molecule has 0 radical (unpaired) electrons. The summed E-state index contributed by atoms with van der Waals surface area (Å²) in [7, 11) is 0. The largest absolute Gasteiger partial charge is 0.394 e. The molecule has 0 aliphatic carbocycles. The molecule has 19 heteroatoms. The van der Waals surface area contributed by atoms with Crippen LogP contribution >= 0.6 is 0 Å². The molecule has 3 saturated heterocycles. The topological polar surface area (TPSA) is 307 Å². The lowest BCUT2D eigenvalue weighted by Gasteiger charge is -2.48. The van der Waals surface area contributed by atoms with Gasteiger partial charge in [0, 0.05) is 6.42 Å². The summed E-state index contributed by atoms with van der Waals surface area (Å²) in [5.74, 6) is -0.242. The molecular formula is C58H111NO18. The average molecular weight is 1110 g/mol. The maximum Gasteiger partial charge on any atom is 0.220 e. The maximum absolute atomic E-state index is 13.3. The first-order chi connectivity index (χ1) is 37.3. The molecular weight excluding hydrogens is 999 g/mol. The number of amides is 1. The molecule has 3 aliphatic rings. The van der Waals surface area contributed by atoms with E-state index in [1.807, 2.05) is 0 Å². The standard InChI is InChI=1S/C58H111NO18/c1-3-5-7-9-11-13-15-16-17-18-19-20-21-22-23-24-25-26-27-29-31-33-35-42(63)41(59-46(64)36-34-32-30-28-14-12-10-8-6-4-2)40-72-56-52(70)49(67)54(44(38-61)74-56)77-58-53(71)50(68)55(45(39-62)75-58)76-57-51(69)48(66)47(65)43(37-60)73-57/h41-45,47-58,60-63,65-71H,3-40H2,1-2H3,(H,59,64). The van der Waals surface area contributed by atoms with Gasteiger partial charge in [0.25, 0.3) is 0 Å². The summed E-state index contributed by atoms with van der Waals surface area (Å²) < 4.78 is 34.3. The predicted octanol–water partition coefficient (Wildman–Crippen LogP) is 5.60. The Morgan fingerprint density at radius 2 is 0.740 bits per heavy atom. The molecule has 3 aliphatic heterocycles. The molecule has 17 atom stereocenters. The third kappa shape index (κ3) is 26.7. The lowest BCUT2D eigenvalue weighted by molar-refractivity contribution is -0.379. The number of carbonyl (C=O) groups is 1. The van der Waals surface area contributed by atoms with Crippen molar-refractivity contribution in [2.75, 3.05) is 26.4 Å². The van der Waals surface area contributed by atoms with Gasteiger partial charge in [-0.25, -0.2) is 0 Å². The van der Waals surface area contributed by atoms with Gasteiger partial charge >= 0.3 is 0 Å². The second-order valence-corrected chi connectivity index (χ2v) is 22.5. The SMILES string of the molecule is CCCCCCCCCCCCCCCCCCCCCCCCC(O)C(COC1OC(CO)C(OC2OC(CO)C(OC3OC(CO)C(O)C(O)C3O)C(O)C2O)C(O)C1O)NC(=O)CCCCCCCCCCCC. The molecule has 0 aromatic heterocycles.